The second-order valence-corrected chi connectivity index (χ2v) is 9.12. The quantitative estimate of drug-likeness (QED) is 0.542. The van der Waals surface area contributed by atoms with Gasteiger partial charge in [0.2, 0.25) is 6.79 Å². The molecule has 0 saturated carbocycles. The fraction of sp³-hybridized carbons (Fsp3) is 0.360. The third kappa shape index (κ3) is 4.72. The van der Waals surface area contributed by atoms with Crippen LogP contribution in [0.3, 0.4) is 0 Å². The SMILES string of the molecule is Cc1ccc(C)c2[nH]c(=O)c(CN(Cc3ccc4c(c3)OCO4)C(=S)NCC(C)C)cc12. The number of nitrogens with one attached hydrogen (secondary N) is 2. The molecule has 2 aromatic carbocycles. The fourth-order valence-corrected chi connectivity index (χ4v) is 4.02. The van der Waals surface area contributed by atoms with Crippen molar-refractivity contribution < 1.29 is 9.47 Å². The number of aromatic nitrogens is 1. The molecule has 0 amide bonds. The van der Waals surface area contributed by atoms with E-state index in [0.29, 0.717) is 29.7 Å². The van der Waals surface area contributed by atoms with Gasteiger partial charge in [0.05, 0.1) is 12.1 Å². The first kappa shape index (κ1) is 22.1. The van der Waals surface area contributed by atoms with Crippen LogP contribution in [-0.2, 0) is 13.1 Å². The van der Waals surface area contributed by atoms with Crippen molar-refractivity contribution in [1.29, 1.82) is 0 Å². The Labute approximate surface area is 193 Å². The third-order valence-corrected chi connectivity index (χ3v) is 6.04. The predicted molar refractivity (Wildman–Crippen MR) is 131 cm³/mol. The minimum absolute atomic E-state index is 0.0893. The minimum Gasteiger partial charge on any atom is -0.454 e. The molecule has 0 atom stereocenters. The maximum absolute atomic E-state index is 12.9. The molecule has 0 aliphatic carbocycles. The normalized spacial score (nSPS) is 12.4. The van der Waals surface area contributed by atoms with Crippen LogP contribution in [-0.4, -0.2) is 28.3 Å². The lowest BCUT2D eigenvalue weighted by atomic mass is 10.0. The van der Waals surface area contributed by atoms with Gasteiger partial charge in [-0.15, -0.1) is 0 Å². The Kier molecular flexibility index (Phi) is 6.37. The Hall–Kier alpha value is -3.06. The van der Waals surface area contributed by atoms with Crippen LogP contribution in [0.4, 0.5) is 0 Å². The summed E-state index contributed by atoms with van der Waals surface area (Å²) in [7, 11) is 0. The average molecular weight is 452 g/mol. The molecule has 0 unspecified atom stereocenters. The smallest absolute Gasteiger partial charge is 0.253 e. The lowest BCUT2D eigenvalue weighted by Crippen LogP contribution is -2.41. The lowest BCUT2D eigenvalue weighted by molar-refractivity contribution is 0.174. The number of rotatable bonds is 6. The number of nitrogens with zero attached hydrogens (tertiary/aromatic N) is 1. The van der Waals surface area contributed by atoms with Gasteiger partial charge in [0.25, 0.3) is 5.56 Å². The van der Waals surface area contributed by atoms with Crippen molar-refractivity contribution in [3.63, 3.8) is 0 Å². The molecule has 0 spiro atoms. The molecule has 4 rings (SSSR count). The van der Waals surface area contributed by atoms with Gasteiger partial charge >= 0.3 is 0 Å². The van der Waals surface area contributed by atoms with Crippen LogP contribution < -0.4 is 20.3 Å². The number of aryl methyl sites for hydroxylation is 2. The van der Waals surface area contributed by atoms with Crippen molar-refractivity contribution in [3.05, 3.63) is 69.0 Å². The van der Waals surface area contributed by atoms with Gasteiger partial charge in [0.1, 0.15) is 0 Å². The van der Waals surface area contributed by atoms with E-state index in [1.807, 2.05) is 42.2 Å². The van der Waals surface area contributed by atoms with Crippen molar-refractivity contribution in [2.45, 2.75) is 40.8 Å². The zero-order valence-corrected chi connectivity index (χ0v) is 19.8. The molecule has 2 N–H and O–H groups in total. The molecule has 1 aromatic heterocycles. The van der Waals surface area contributed by atoms with Crippen LogP contribution in [0.15, 0.2) is 41.2 Å². The second-order valence-electron chi connectivity index (χ2n) is 8.74. The van der Waals surface area contributed by atoms with Crippen LogP contribution in [0.5, 0.6) is 11.5 Å². The molecule has 0 radical (unpaired) electrons. The molecule has 7 heteroatoms. The van der Waals surface area contributed by atoms with Gasteiger partial charge in [-0.3, -0.25) is 4.79 Å². The van der Waals surface area contributed by atoms with E-state index in [1.165, 1.54) is 0 Å². The number of hydrogen-bond acceptors (Lipinski definition) is 4. The summed E-state index contributed by atoms with van der Waals surface area (Å²) in [6.07, 6.45) is 0. The summed E-state index contributed by atoms with van der Waals surface area (Å²) in [5.74, 6) is 1.94. The first-order chi connectivity index (χ1) is 15.3. The standard InChI is InChI=1S/C25H29N3O3S/c1-15(2)11-26-25(32)28(12-18-7-8-21-22(9-18)31-14-30-21)13-19-10-20-16(3)5-6-17(4)23(20)27-24(19)29/h5-10,15H,11-14H2,1-4H3,(H,26,32)(H,27,29). The summed E-state index contributed by atoms with van der Waals surface area (Å²) < 4.78 is 11.0. The number of benzene rings is 2. The van der Waals surface area contributed by atoms with Gasteiger partial charge < -0.3 is 24.7 Å². The molecule has 1 aliphatic rings. The highest BCUT2D eigenvalue weighted by Crippen LogP contribution is 2.33. The highest BCUT2D eigenvalue weighted by molar-refractivity contribution is 7.80. The zero-order chi connectivity index (χ0) is 22.8. The topological polar surface area (TPSA) is 66.6 Å². The second kappa shape index (κ2) is 9.20. The van der Waals surface area contributed by atoms with E-state index >= 15 is 0 Å². The Balaban J connectivity index is 1.65. The number of ether oxygens (including phenoxy) is 2. The Morgan fingerprint density at radius 2 is 1.84 bits per heavy atom. The Morgan fingerprint density at radius 3 is 2.62 bits per heavy atom. The molecule has 6 nitrogen and oxygen atoms in total. The molecular formula is C25H29N3O3S. The van der Waals surface area contributed by atoms with E-state index in [0.717, 1.165) is 45.6 Å². The maximum atomic E-state index is 12.9. The van der Waals surface area contributed by atoms with Crippen LogP contribution in [0.2, 0.25) is 0 Å². The van der Waals surface area contributed by atoms with Gasteiger partial charge in [-0.1, -0.05) is 32.0 Å². The van der Waals surface area contributed by atoms with Crippen molar-refractivity contribution in [3.8, 4) is 11.5 Å². The number of thiocarbonyl (C=S) groups is 1. The van der Waals surface area contributed by atoms with Crippen LogP contribution in [0.25, 0.3) is 10.9 Å². The molecule has 168 valence electrons. The Morgan fingerprint density at radius 1 is 1.09 bits per heavy atom. The highest BCUT2D eigenvalue weighted by Gasteiger charge is 2.18. The predicted octanol–water partition coefficient (Wildman–Crippen LogP) is 4.41. The largest absolute Gasteiger partial charge is 0.454 e. The van der Waals surface area contributed by atoms with Gasteiger partial charge in [-0.25, -0.2) is 0 Å². The minimum atomic E-state index is -0.0893. The molecule has 32 heavy (non-hydrogen) atoms. The molecule has 0 saturated heterocycles. The molecule has 0 fully saturated rings. The van der Waals surface area contributed by atoms with Gasteiger partial charge in [0.15, 0.2) is 16.6 Å². The number of pyridine rings is 1. The van der Waals surface area contributed by atoms with Gasteiger partial charge in [-0.05, 0) is 66.9 Å². The Bertz CT molecular complexity index is 1220. The lowest BCUT2D eigenvalue weighted by Gasteiger charge is -2.27. The van der Waals surface area contributed by atoms with E-state index in [-0.39, 0.29) is 12.4 Å². The monoisotopic (exact) mass is 451 g/mol. The molecule has 1 aliphatic heterocycles. The van der Waals surface area contributed by atoms with E-state index in [1.54, 1.807) is 0 Å². The number of H-pyrrole nitrogens is 1. The summed E-state index contributed by atoms with van der Waals surface area (Å²) >= 11 is 5.72. The summed E-state index contributed by atoms with van der Waals surface area (Å²) in [5.41, 5.74) is 4.70. The van der Waals surface area contributed by atoms with Gasteiger partial charge in [-0.2, -0.15) is 0 Å². The number of hydrogen-bond donors (Lipinski definition) is 2. The van der Waals surface area contributed by atoms with Gasteiger partial charge in [0, 0.05) is 24.0 Å². The average Bonchev–Trinajstić information content (AvgIpc) is 3.23. The van der Waals surface area contributed by atoms with Crippen molar-refractivity contribution in [2.24, 2.45) is 5.92 Å². The molecule has 2 heterocycles. The maximum Gasteiger partial charge on any atom is 0.253 e. The summed E-state index contributed by atoms with van der Waals surface area (Å²) in [6, 6.07) is 12.0. The molecule has 3 aromatic rings. The van der Waals surface area contributed by atoms with Crippen LogP contribution in [0.1, 0.15) is 36.1 Å². The summed E-state index contributed by atoms with van der Waals surface area (Å²) in [5, 5.41) is 5.02. The highest BCUT2D eigenvalue weighted by atomic mass is 32.1. The van der Waals surface area contributed by atoms with Crippen molar-refractivity contribution in [1.82, 2.24) is 15.2 Å². The first-order valence-electron chi connectivity index (χ1n) is 10.8. The fourth-order valence-electron chi connectivity index (χ4n) is 3.80. The van der Waals surface area contributed by atoms with E-state index in [4.69, 9.17) is 21.7 Å². The van der Waals surface area contributed by atoms with Crippen molar-refractivity contribution >= 4 is 28.2 Å². The molecular weight excluding hydrogens is 422 g/mol. The van der Waals surface area contributed by atoms with E-state index in [9.17, 15) is 4.79 Å². The number of fused-ring (bicyclic) bond motifs is 2. The summed E-state index contributed by atoms with van der Waals surface area (Å²) in [6.45, 7) is 10.3. The van der Waals surface area contributed by atoms with E-state index < -0.39 is 0 Å². The van der Waals surface area contributed by atoms with Crippen LogP contribution >= 0.6 is 12.2 Å². The number of aromatic amines is 1. The van der Waals surface area contributed by atoms with Crippen molar-refractivity contribution in [2.75, 3.05) is 13.3 Å². The first-order valence-corrected chi connectivity index (χ1v) is 11.3. The summed E-state index contributed by atoms with van der Waals surface area (Å²) in [4.78, 5) is 18.0. The van der Waals surface area contributed by atoms with Crippen LogP contribution in [0, 0.1) is 19.8 Å². The molecule has 0 bridgehead atoms. The van der Waals surface area contributed by atoms with E-state index in [2.05, 4.69) is 37.1 Å². The third-order valence-electron chi connectivity index (χ3n) is 5.64. The zero-order valence-electron chi connectivity index (χ0n) is 19.0.